The highest BCUT2D eigenvalue weighted by molar-refractivity contribution is 5.83. The second-order valence-electron chi connectivity index (χ2n) is 7.02. The SMILES string of the molecule is Cc1cc(C(F)(F)F)c2nc(CNC(=O)CNC(=O)OC(C)(C)C)[nH]c2c1. The van der Waals surface area contributed by atoms with Gasteiger partial charge in [0.15, 0.2) is 0 Å². The number of aromatic amines is 1. The van der Waals surface area contributed by atoms with Crippen LogP contribution in [0.5, 0.6) is 0 Å². The van der Waals surface area contributed by atoms with Gasteiger partial charge in [-0.15, -0.1) is 0 Å². The van der Waals surface area contributed by atoms with E-state index >= 15 is 0 Å². The number of rotatable bonds is 4. The molecular formula is C17H21F3N4O3. The number of ether oxygens (including phenoxy) is 1. The van der Waals surface area contributed by atoms with E-state index in [9.17, 15) is 22.8 Å². The minimum Gasteiger partial charge on any atom is -0.444 e. The Hall–Kier alpha value is -2.78. The van der Waals surface area contributed by atoms with Gasteiger partial charge in [-0.2, -0.15) is 13.2 Å². The Balaban J connectivity index is 1.99. The van der Waals surface area contributed by atoms with Crippen LogP contribution < -0.4 is 10.6 Å². The normalized spacial score (nSPS) is 12.1. The van der Waals surface area contributed by atoms with Crippen LogP contribution in [0.1, 0.15) is 37.7 Å². The predicted molar refractivity (Wildman–Crippen MR) is 91.9 cm³/mol. The summed E-state index contributed by atoms with van der Waals surface area (Å²) in [6, 6.07) is 2.57. The number of nitrogens with one attached hydrogen (secondary N) is 3. The van der Waals surface area contributed by atoms with Gasteiger partial charge in [0.2, 0.25) is 5.91 Å². The molecule has 1 aromatic heterocycles. The summed E-state index contributed by atoms with van der Waals surface area (Å²) in [5.41, 5.74) is -1.06. The van der Waals surface area contributed by atoms with Crippen molar-refractivity contribution in [1.29, 1.82) is 0 Å². The average molecular weight is 386 g/mol. The molecule has 0 saturated heterocycles. The average Bonchev–Trinajstić information content (AvgIpc) is 2.90. The van der Waals surface area contributed by atoms with Gasteiger partial charge in [-0.1, -0.05) is 0 Å². The summed E-state index contributed by atoms with van der Waals surface area (Å²) in [5.74, 6) is -0.361. The Morgan fingerprint density at radius 1 is 1.19 bits per heavy atom. The molecule has 0 atom stereocenters. The lowest BCUT2D eigenvalue weighted by Gasteiger charge is -2.19. The molecule has 10 heteroatoms. The van der Waals surface area contributed by atoms with Gasteiger partial charge in [0.05, 0.1) is 17.6 Å². The topological polar surface area (TPSA) is 96.1 Å². The van der Waals surface area contributed by atoms with E-state index in [1.165, 1.54) is 0 Å². The monoisotopic (exact) mass is 386 g/mol. The van der Waals surface area contributed by atoms with Crippen molar-refractivity contribution in [2.45, 2.75) is 46.0 Å². The van der Waals surface area contributed by atoms with E-state index in [2.05, 4.69) is 20.6 Å². The zero-order valence-electron chi connectivity index (χ0n) is 15.4. The molecule has 0 radical (unpaired) electrons. The highest BCUT2D eigenvalue weighted by Crippen LogP contribution is 2.34. The first-order chi connectivity index (χ1) is 12.3. The minimum absolute atomic E-state index is 0.111. The molecule has 0 bridgehead atoms. The lowest BCUT2D eigenvalue weighted by Crippen LogP contribution is -2.39. The van der Waals surface area contributed by atoms with Crippen LogP contribution in [-0.4, -0.2) is 34.1 Å². The van der Waals surface area contributed by atoms with Gasteiger partial charge in [0.25, 0.3) is 0 Å². The van der Waals surface area contributed by atoms with E-state index in [-0.39, 0.29) is 29.9 Å². The number of fused-ring (bicyclic) bond motifs is 1. The highest BCUT2D eigenvalue weighted by atomic mass is 19.4. The van der Waals surface area contributed by atoms with E-state index in [1.807, 2.05) is 0 Å². The number of alkyl halides is 3. The number of H-pyrrole nitrogens is 1. The molecule has 0 saturated carbocycles. The second kappa shape index (κ2) is 7.45. The number of carbonyl (C=O) groups excluding carboxylic acids is 2. The van der Waals surface area contributed by atoms with Crippen molar-refractivity contribution in [1.82, 2.24) is 20.6 Å². The predicted octanol–water partition coefficient (Wildman–Crippen LogP) is 3.03. The van der Waals surface area contributed by atoms with Crippen LogP contribution in [0, 0.1) is 6.92 Å². The number of hydrogen-bond acceptors (Lipinski definition) is 4. The summed E-state index contributed by atoms with van der Waals surface area (Å²) in [6.07, 6.45) is -5.27. The van der Waals surface area contributed by atoms with E-state index in [0.29, 0.717) is 5.56 Å². The smallest absolute Gasteiger partial charge is 0.418 e. The molecule has 1 heterocycles. The Morgan fingerprint density at radius 3 is 2.44 bits per heavy atom. The quantitative estimate of drug-likeness (QED) is 0.753. The molecular weight excluding hydrogens is 365 g/mol. The maximum atomic E-state index is 13.1. The molecule has 0 unspecified atom stereocenters. The summed E-state index contributed by atoms with van der Waals surface area (Å²) in [5, 5.41) is 4.75. The maximum Gasteiger partial charge on any atom is 0.418 e. The third-order valence-corrected chi connectivity index (χ3v) is 3.33. The summed E-state index contributed by atoms with van der Waals surface area (Å²) in [6.45, 7) is 6.17. The molecule has 0 aliphatic carbocycles. The minimum atomic E-state index is -4.53. The number of amides is 2. The van der Waals surface area contributed by atoms with Crippen LogP contribution in [-0.2, 0) is 22.3 Å². The van der Waals surface area contributed by atoms with E-state index in [1.54, 1.807) is 33.8 Å². The van der Waals surface area contributed by atoms with Crippen molar-refractivity contribution < 1.29 is 27.5 Å². The maximum absolute atomic E-state index is 13.1. The first kappa shape index (κ1) is 20.5. The highest BCUT2D eigenvalue weighted by Gasteiger charge is 2.34. The van der Waals surface area contributed by atoms with E-state index in [4.69, 9.17) is 4.74 Å². The third kappa shape index (κ3) is 5.87. The molecule has 148 valence electrons. The van der Waals surface area contributed by atoms with E-state index < -0.39 is 29.3 Å². The zero-order valence-corrected chi connectivity index (χ0v) is 15.4. The third-order valence-electron chi connectivity index (χ3n) is 3.33. The molecule has 1 aromatic carbocycles. The van der Waals surface area contributed by atoms with Crippen molar-refractivity contribution >= 4 is 23.0 Å². The van der Waals surface area contributed by atoms with Crippen LogP contribution in [0.4, 0.5) is 18.0 Å². The fourth-order valence-electron chi connectivity index (χ4n) is 2.32. The largest absolute Gasteiger partial charge is 0.444 e. The molecule has 3 N–H and O–H groups in total. The van der Waals surface area contributed by atoms with Crippen molar-refractivity contribution in [2.75, 3.05) is 6.54 Å². The van der Waals surface area contributed by atoms with Gasteiger partial charge < -0.3 is 20.4 Å². The molecule has 2 amide bonds. The van der Waals surface area contributed by atoms with Crippen LogP contribution in [0.3, 0.4) is 0 Å². The molecule has 0 aliphatic heterocycles. The molecule has 0 fully saturated rings. The molecule has 2 rings (SSSR count). The number of imidazole rings is 1. The second-order valence-corrected chi connectivity index (χ2v) is 7.02. The lowest BCUT2D eigenvalue weighted by molar-refractivity contribution is -0.136. The van der Waals surface area contributed by atoms with Crippen molar-refractivity contribution in [3.63, 3.8) is 0 Å². The molecule has 7 nitrogen and oxygen atoms in total. The molecule has 27 heavy (non-hydrogen) atoms. The van der Waals surface area contributed by atoms with Crippen LogP contribution in [0.25, 0.3) is 11.0 Å². The number of alkyl carbamates (subject to hydrolysis) is 1. The fourth-order valence-corrected chi connectivity index (χ4v) is 2.32. The standard InChI is InChI=1S/C17H21F3N4O3/c1-9-5-10(17(18,19)20)14-11(6-9)23-12(24-14)7-21-13(25)8-22-15(26)27-16(2,3)4/h5-6H,7-8H2,1-4H3,(H,21,25)(H,22,26)(H,23,24). The summed E-state index contributed by atoms with van der Waals surface area (Å²) in [4.78, 5) is 30.0. The number of nitrogens with zero attached hydrogens (tertiary/aromatic N) is 1. The molecule has 0 spiro atoms. The number of aryl methyl sites for hydroxylation is 1. The van der Waals surface area contributed by atoms with Crippen LogP contribution in [0.2, 0.25) is 0 Å². The molecule has 0 aliphatic rings. The number of hydrogen-bond donors (Lipinski definition) is 3. The number of halogens is 3. The Labute approximate surface area is 153 Å². The summed E-state index contributed by atoms with van der Waals surface area (Å²) in [7, 11) is 0. The van der Waals surface area contributed by atoms with Gasteiger partial charge in [-0.3, -0.25) is 4.79 Å². The van der Waals surface area contributed by atoms with Crippen molar-refractivity contribution in [2.24, 2.45) is 0 Å². The molecule has 2 aromatic rings. The zero-order chi connectivity index (χ0) is 20.4. The Bertz CT molecular complexity index is 853. The number of benzene rings is 1. The van der Waals surface area contributed by atoms with Crippen molar-refractivity contribution in [3.8, 4) is 0 Å². The summed E-state index contributed by atoms with van der Waals surface area (Å²) < 4.78 is 44.4. The van der Waals surface area contributed by atoms with Crippen LogP contribution >= 0.6 is 0 Å². The van der Waals surface area contributed by atoms with Gasteiger partial charge >= 0.3 is 12.3 Å². The van der Waals surface area contributed by atoms with Gasteiger partial charge in [0.1, 0.15) is 23.5 Å². The first-order valence-corrected chi connectivity index (χ1v) is 8.15. The van der Waals surface area contributed by atoms with Gasteiger partial charge in [-0.05, 0) is 45.4 Å². The van der Waals surface area contributed by atoms with Crippen molar-refractivity contribution in [3.05, 3.63) is 29.1 Å². The first-order valence-electron chi connectivity index (χ1n) is 8.15. The van der Waals surface area contributed by atoms with Crippen LogP contribution in [0.15, 0.2) is 12.1 Å². The number of carbonyl (C=O) groups is 2. The van der Waals surface area contributed by atoms with E-state index in [0.717, 1.165) is 6.07 Å². The fraction of sp³-hybridized carbons (Fsp3) is 0.471. The van der Waals surface area contributed by atoms with Gasteiger partial charge in [0, 0.05) is 0 Å². The lowest BCUT2D eigenvalue weighted by atomic mass is 10.1. The van der Waals surface area contributed by atoms with Gasteiger partial charge in [-0.25, -0.2) is 9.78 Å². The number of aromatic nitrogens is 2. The Kier molecular flexibility index (Phi) is 5.67. The Morgan fingerprint density at radius 2 is 1.85 bits per heavy atom. The summed E-state index contributed by atoms with van der Waals surface area (Å²) >= 11 is 0.